The number of methoxy groups -OCH3 is 1. The number of hydrogen-bond donors (Lipinski definition) is 1. The summed E-state index contributed by atoms with van der Waals surface area (Å²) >= 11 is 0. The normalized spacial score (nSPS) is 13.7. The van der Waals surface area contributed by atoms with Gasteiger partial charge in [-0.15, -0.1) is 0 Å². The molecular weight excluding hydrogens is 206 g/mol. The summed E-state index contributed by atoms with van der Waals surface area (Å²) in [7, 11) is 1.58. The maximum atomic E-state index is 10.9. The minimum atomic E-state index is -0.907. The first-order valence-electron chi connectivity index (χ1n) is 4.85. The van der Waals surface area contributed by atoms with Gasteiger partial charge >= 0.3 is 5.97 Å². The molecule has 0 spiro atoms. The van der Waals surface area contributed by atoms with Crippen LogP contribution in [0.3, 0.4) is 0 Å². The van der Waals surface area contributed by atoms with Crippen LogP contribution in [0, 0.1) is 0 Å². The van der Waals surface area contributed by atoms with E-state index in [1.54, 1.807) is 37.6 Å². The quantitative estimate of drug-likeness (QED) is 0.826. The van der Waals surface area contributed by atoms with Gasteiger partial charge in [0.15, 0.2) is 0 Å². The van der Waals surface area contributed by atoms with E-state index in [1.165, 1.54) is 0 Å². The van der Waals surface area contributed by atoms with Crippen molar-refractivity contribution in [1.82, 2.24) is 0 Å². The fraction of sp³-hybridized carbons (Fsp3) is 0.167. The molecule has 0 unspecified atom stereocenters. The number of carboxylic acids is 1. The Morgan fingerprint density at radius 1 is 1.50 bits per heavy atom. The SMILES string of the molecule is COc1ccc2c(c1)N=CCC(C(=O)O)=C2. The van der Waals surface area contributed by atoms with E-state index in [4.69, 9.17) is 9.84 Å². The van der Waals surface area contributed by atoms with Crippen molar-refractivity contribution in [3.63, 3.8) is 0 Å². The minimum absolute atomic E-state index is 0.340. The molecule has 4 heteroatoms. The molecule has 0 amide bonds. The molecule has 1 heterocycles. The summed E-state index contributed by atoms with van der Waals surface area (Å²) in [4.78, 5) is 15.1. The van der Waals surface area contributed by atoms with Crippen molar-refractivity contribution in [2.75, 3.05) is 7.11 Å². The second-order valence-electron chi connectivity index (χ2n) is 3.42. The average molecular weight is 217 g/mol. The van der Waals surface area contributed by atoms with E-state index in [0.29, 0.717) is 17.7 Å². The van der Waals surface area contributed by atoms with E-state index in [0.717, 1.165) is 11.3 Å². The molecule has 0 aromatic heterocycles. The molecule has 1 aromatic rings. The molecule has 0 saturated heterocycles. The lowest BCUT2D eigenvalue weighted by molar-refractivity contribution is -0.132. The lowest BCUT2D eigenvalue weighted by Gasteiger charge is -2.03. The Balaban J connectivity index is 2.49. The average Bonchev–Trinajstić information content (AvgIpc) is 2.49. The third-order valence-corrected chi connectivity index (χ3v) is 2.38. The Hall–Kier alpha value is -2.10. The van der Waals surface area contributed by atoms with Crippen molar-refractivity contribution in [1.29, 1.82) is 0 Å². The van der Waals surface area contributed by atoms with Crippen LogP contribution in [0.25, 0.3) is 6.08 Å². The maximum Gasteiger partial charge on any atom is 0.331 e. The predicted octanol–water partition coefficient (Wildman–Crippen LogP) is 2.27. The molecule has 4 nitrogen and oxygen atoms in total. The first-order chi connectivity index (χ1) is 7.70. The van der Waals surface area contributed by atoms with Crippen molar-refractivity contribution in [2.24, 2.45) is 4.99 Å². The highest BCUT2D eigenvalue weighted by Gasteiger charge is 2.11. The molecule has 0 fully saturated rings. The van der Waals surface area contributed by atoms with Crippen molar-refractivity contribution in [3.8, 4) is 5.75 Å². The van der Waals surface area contributed by atoms with E-state index in [-0.39, 0.29) is 0 Å². The van der Waals surface area contributed by atoms with E-state index < -0.39 is 5.97 Å². The van der Waals surface area contributed by atoms with Gasteiger partial charge in [-0.05, 0) is 18.2 Å². The zero-order valence-corrected chi connectivity index (χ0v) is 8.80. The zero-order chi connectivity index (χ0) is 11.5. The van der Waals surface area contributed by atoms with Gasteiger partial charge in [0.1, 0.15) is 5.75 Å². The standard InChI is InChI=1S/C12H11NO3/c1-16-10-3-2-8-6-9(12(14)15)4-5-13-11(8)7-10/h2-3,5-7H,4H2,1H3,(H,14,15). The molecule has 0 bridgehead atoms. The van der Waals surface area contributed by atoms with Gasteiger partial charge < -0.3 is 9.84 Å². The van der Waals surface area contributed by atoms with Gasteiger partial charge in [-0.1, -0.05) is 0 Å². The smallest absolute Gasteiger partial charge is 0.331 e. The predicted molar refractivity (Wildman–Crippen MR) is 61.4 cm³/mol. The molecule has 1 aromatic carbocycles. The van der Waals surface area contributed by atoms with Crippen LogP contribution in [-0.2, 0) is 4.79 Å². The fourth-order valence-electron chi connectivity index (χ4n) is 1.52. The van der Waals surface area contributed by atoms with E-state index in [2.05, 4.69) is 4.99 Å². The van der Waals surface area contributed by atoms with Crippen molar-refractivity contribution < 1.29 is 14.6 Å². The van der Waals surface area contributed by atoms with Crippen LogP contribution in [0.4, 0.5) is 5.69 Å². The van der Waals surface area contributed by atoms with E-state index >= 15 is 0 Å². The minimum Gasteiger partial charge on any atom is -0.497 e. The number of aliphatic imine (C=N–C) groups is 1. The number of rotatable bonds is 2. The summed E-state index contributed by atoms with van der Waals surface area (Å²) in [5.74, 6) is -0.196. The number of aliphatic carboxylic acids is 1. The Morgan fingerprint density at radius 3 is 3.00 bits per heavy atom. The summed E-state index contributed by atoms with van der Waals surface area (Å²) in [6.45, 7) is 0. The first-order valence-corrected chi connectivity index (χ1v) is 4.85. The van der Waals surface area contributed by atoms with Gasteiger partial charge in [0.2, 0.25) is 0 Å². The van der Waals surface area contributed by atoms with Gasteiger partial charge in [-0.2, -0.15) is 0 Å². The van der Waals surface area contributed by atoms with E-state index in [1.807, 2.05) is 0 Å². The first kappa shape index (κ1) is 10.4. The summed E-state index contributed by atoms with van der Waals surface area (Å²) in [6, 6.07) is 5.38. The summed E-state index contributed by atoms with van der Waals surface area (Å²) in [5.41, 5.74) is 1.87. The highest BCUT2D eigenvalue weighted by molar-refractivity contribution is 5.98. The molecular formula is C12H11NO3. The second kappa shape index (κ2) is 4.18. The van der Waals surface area contributed by atoms with Crippen LogP contribution in [0.5, 0.6) is 5.75 Å². The Bertz CT molecular complexity index is 489. The number of nitrogens with zero attached hydrogens (tertiary/aromatic N) is 1. The van der Waals surface area contributed by atoms with Crippen molar-refractivity contribution in [2.45, 2.75) is 6.42 Å². The van der Waals surface area contributed by atoms with Gasteiger partial charge in [-0.3, -0.25) is 4.99 Å². The Morgan fingerprint density at radius 2 is 2.31 bits per heavy atom. The third kappa shape index (κ3) is 1.95. The maximum absolute atomic E-state index is 10.9. The van der Waals surface area contributed by atoms with Crippen LogP contribution >= 0.6 is 0 Å². The number of fused-ring (bicyclic) bond motifs is 1. The summed E-state index contributed by atoms with van der Waals surface area (Å²) in [5, 5.41) is 8.93. The largest absolute Gasteiger partial charge is 0.497 e. The summed E-state index contributed by atoms with van der Waals surface area (Å²) < 4.78 is 5.08. The van der Waals surface area contributed by atoms with Crippen LogP contribution < -0.4 is 4.74 Å². The van der Waals surface area contributed by atoms with Crippen LogP contribution in [0.1, 0.15) is 12.0 Å². The van der Waals surface area contributed by atoms with Crippen molar-refractivity contribution in [3.05, 3.63) is 29.3 Å². The third-order valence-electron chi connectivity index (χ3n) is 2.38. The molecule has 1 aliphatic rings. The Kier molecular flexibility index (Phi) is 2.72. The van der Waals surface area contributed by atoms with Gasteiger partial charge in [0, 0.05) is 29.8 Å². The highest BCUT2D eigenvalue weighted by atomic mass is 16.5. The lowest BCUT2D eigenvalue weighted by Crippen LogP contribution is -1.99. The molecule has 82 valence electrons. The van der Waals surface area contributed by atoms with Crippen LogP contribution in [0.2, 0.25) is 0 Å². The molecule has 2 rings (SSSR count). The van der Waals surface area contributed by atoms with Crippen LogP contribution in [-0.4, -0.2) is 24.4 Å². The van der Waals surface area contributed by atoms with Crippen molar-refractivity contribution >= 4 is 23.9 Å². The second-order valence-corrected chi connectivity index (χ2v) is 3.42. The Labute approximate surface area is 92.9 Å². The number of carboxylic acid groups (broad SMARTS) is 1. The highest BCUT2D eigenvalue weighted by Crippen LogP contribution is 2.29. The molecule has 0 aliphatic carbocycles. The monoisotopic (exact) mass is 217 g/mol. The summed E-state index contributed by atoms with van der Waals surface area (Å²) in [6.07, 6.45) is 3.58. The lowest BCUT2D eigenvalue weighted by atomic mass is 10.1. The molecule has 0 atom stereocenters. The zero-order valence-electron chi connectivity index (χ0n) is 8.80. The molecule has 1 N–H and O–H groups in total. The van der Waals surface area contributed by atoms with Gasteiger partial charge in [-0.25, -0.2) is 4.79 Å². The topological polar surface area (TPSA) is 58.9 Å². The fourth-order valence-corrected chi connectivity index (χ4v) is 1.52. The number of benzene rings is 1. The molecule has 0 radical (unpaired) electrons. The van der Waals surface area contributed by atoms with Crippen LogP contribution in [0.15, 0.2) is 28.8 Å². The van der Waals surface area contributed by atoms with E-state index in [9.17, 15) is 4.79 Å². The molecule has 0 saturated carbocycles. The van der Waals surface area contributed by atoms with Gasteiger partial charge in [0.25, 0.3) is 0 Å². The molecule has 16 heavy (non-hydrogen) atoms. The van der Waals surface area contributed by atoms with Gasteiger partial charge in [0.05, 0.1) is 12.8 Å². The number of hydrogen-bond acceptors (Lipinski definition) is 3. The molecule has 1 aliphatic heterocycles. The number of ether oxygens (including phenoxy) is 1. The number of carbonyl (C=O) groups is 1.